The van der Waals surface area contributed by atoms with Gasteiger partial charge in [0.25, 0.3) is 0 Å². The Morgan fingerprint density at radius 2 is 1.75 bits per heavy atom. The maximum Gasteiger partial charge on any atom is 0.317 e. The van der Waals surface area contributed by atoms with Crippen LogP contribution in [0.1, 0.15) is 44.6 Å². The van der Waals surface area contributed by atoms with Crippen LogP contribution in [0.5, 0.6) is 0 Å². The fourth-order valence-electron chi connectivity index (χ4n) is 3.29. The van der Waals surface area contributed by atoms with Crippen molar-refractivity contribution in [1.29, 1.82) is 0 Å². The van der Waals surface area contributed by atoms with Crippen LogP contribution in [0.15, 0.2) is 65.8 Å². The van der Waals surface area contributed by atoms with Gasteiger partial charge in [0.2, 0.25) is 0 Å². The topological polar surface area (TPSA) is 75.1 Å². The smallest absolute Gasteiger partial charge is 0.317 e. The number of thioether (sulfide) groups is 1. The molecule has 0 aliphatic heterocycles. The van der Waals surface area contributed by atoms with Crippen molar-refractivity contribution in [3.63, 3.8) is 0 Å². The number of benzene rings is 2. The molecule has 2 N–H and O–H groups in total. The molecule has 168 valence electrons. The van der Waals surface area contributed by atoms with Crippen LogP contribution in [0.2, 0.25) is 5.15 Å². The number of rotatable bonds is 12. The lowest BCUT2D eigenvalue weighted by molar-refractivity contribution is -0.136. The summed E-state index contributed by atoms with van der Waals surface area (Å²) in [5.41, 5.74) is 3.45. The maximum atomic E-state index is 11.7. The molecule has 5 nitrogen and oxygen atoms in total. The highest BCUT2D eigenvalue weighted by atomic mass is 35.5. The van der Waals surface area contributed by atoms with Crippen LogP contribution in [-0.4, -0.2) is 26.3 Å². The number of carboxylic acid groups (broad SMARTS) is 1. The number of unbranched alkanes of at least 4 members (excludes halogenated alkanes) is 3. The van der Waals surface area contributed by atoms with Gasteiger partial charge in [0.1, 0.15) is 16.2 Å². The predicted molar refractivity (Wildman–Crippen MR) is 132 cm³/mol. The number of aromatic nitrogens is 2. The SMILES string of the molecule is CCCCCC[C@@H](Sc1nc(Cl)cc(NCc2ccc(-c3ccccc3)cc2)n1)C(=O)O. The fraction of sp³-hybridized carbons (Fsp3) is 0.320. The molecule has 1 atom stereocenters. The molecule has 0 fully saturated rings. The van der Waals surface area contributed by atoms with Gasteiger partial charge in [0.05, 0.1) is 0 Å². The van der Waals surface area contributed by atoms with Crippen LogP contribution in [0.3, 0.4) is 0 Å². The molecule has 3 rings (SSSR count). The number of nitrogens with zero attached hydrogens (tertiary/aromatic N) is 2. The van der Waals surface area contributed by atoms with Gasteiger partial charge in [-0.3, -0.25) is 4.79 Å². The Kier molecular flexibility index (Phi) is 9.38. The molecule has 0 radical (unpaired) electrons. The number of carboxylic acids is 1. The normalized spacial score (nSPS) is 11.8. The van der Waals surface area contributed by atoms with Crippen LogP contribution in [0.25, 0.3) is 11.1 Å². The van der Waals surface area contributed by atoms with E-state index in [9.17, 15) is 9.90 Å². The average molecular weight is 470 g/mol. The molecule has 0 amide bonds. The van der Waals surface area contributed by atoms with E-state index in [2.05, 4.69) is 58.6 Å². The second-order valence-corrected chi connectivity index (χ2v) is 9.13. The van der Waals surface area contributed by atoms with Gasteiger partial charge in [-0.15, -0.1) is 0 Å². The van der Waals surface area contributed by atoms with E-state index in [4.69, 9.17) is 11.6 Å². The molecule has 0 saturated heterocycles. The summed E-state index contributed by atoms with van der Waals surface area (Å²) >= 11 is 7.34. The van der Waals surface area contributed by atoms with E-state index in [-0.39, 0.29) is 0 Å². The Bertz CT molecular complexity index is 1000. The average Bonchev–Trinajstić information content (AvgIpc) is 2.80. The minimum absolute atomic E-state index is 0.291. The molecule has 1 aromatic heterocycles. The van der Waals surface area contributed by atoms with Crippen molar-refractivity contribution in [3.05, 3.63) is 71.4 Å². The monoisotopic (exact) mass is 469 g/mol. The summed E-state index contributed by atoms with van der Waals surface area (Å²) in [6.45, 7) is 2.71. The van der Waals surface area contributed by atoms with E-state index in [0.717, 1.165) is 48.6 Å². The summed E-state index contributed by atoms with van der Waals surface area (Å²) in [4.78, 5) is 20.3. The van der Waals surface area contributed by atoms with Crippen molar-refractivity contribution in [1.82, 2.24) is 9.97 Å². The highest BCUT2D eigenvalue weighted by Crippen LogP contribution is 2.27. The third kappa shape index (κ3) is 7.53. The van der Waals surface area contributed by atoms with Gasteiger partial charge in [-0.25, -0.2) is 9.97 Å². The third-order valence-corrected chi connectivity index (χ3v) is 6.36. The van der Waals surface area contributed by atoms with E-state index in [0.29, 0.717) is 29.1 Å². The van der Waals surface area contributed by atoms with Gasteiger partial charge in [-0.05, 0) is 23.1 Å². The lowest BCUT2D eigenvalue weighted by Gasteiger charge is -2.12. The summed E-state index contributed by atoms with van der Waals surface area (Å²) in [7, 11) is 0. The molecule has 3 aromatic rings. The van der Waals surface area contributed by atoms with Crippen molar-refractivity contribution >= 4 is 35.1 Å². The highest BCUT2D eigenvalue weighted by molar-refractivity contribution is 8.00. The fourth-order valence-corrected chi connectivity index (χ4v) is 4.47. The van der Waals surface area contributed by atoms with Gasteiger partial charge in [-0.1, -0.05) is 111 Å². The molecule has 0 aliphatic rings. The quantitative estimate of drug-likeness (QED) is 0.130. The standard InChI is InChI=1S/C25H28ClN3O2S/c1-2-3-4-8-11-21(24(30)31)32-25-28-22(26)16-23(29-25)27-17-18-12-14-20(15-13-18)19-9-6-5-7-10-19/h5-7,9-10,12-16,21H,2-4,8,11,17H2,1H3,(H,30,31)(H,27,28,29)/t21-/m1/s1. The Morgan fingerprint density at radius 1 is 1.03 bits per heavy atom. The van der Waals surface area contributed by atoms with Crippen molar-refractivity contribution in [2.75, 3.05) is 5.32 Å². The van der Waals surface area contributed by atoms with Crippen LogP contribution in [-0.2, 0) is 11.3 Å². The Morgan fingerprint density at radius 3 is 2.44 bits per heavy atom. The van der Waals surface area contributed by atoms with Crippen molar-refractivity contribution in [2.45, 2.75) is 56.0 Å². The molecular weight excluding hydrogens is 442 g/mol. The van der Waals surface area contributed by atoms with Gasteiger partial charge >= 0.3 is 5.97 Å². The van der Waals surface area contributed by atoms with Crippen LogP contribution >= 0.6 is 23.4 Å². The summed E-state index contributed by atoms with van der Waals surface area (Å²) in [5.74, 6) is -0.266. The second kappa shape index (κ2) is 12.5. The van der Waals surface area contributed by atoms with Gasteiger partial charge in [-0.2, -0.15) is 0 Å². The number of hydrogen-bond acceptors (Lipinski definition) is 5. The molecule has 0 bridgehead atoms. The zero-order valence-electron chi connectivity index (χ0n) is 18.1. The lowest BCUT2D eigenvalue weighted by Crippen LogP contribution is -2.17. The van der Waals surface area contributed by atoms with E-state index in [1.807, 2.05) is 18.2 Å². The summed E-state index contributed by atoms with van der Waals surface area (Å²) < 4.78 is 0. The van der Waals surface area contributed by atoms with Crippen LogP contribution in [0, 0.1) is 0 Å². The first-order valence-electron chi connectivity index (χ1n) is 10.9. The van der Waals surface area contributed by atoms with Gasteiger partial charge in [0.15, 0.2) is 5.16 Å². The van der Waals surface area contributed by atoms with Gasteiger partial charge in [0, 0.05) is 12.6 Å². The van der Waals surface area contributed by atoms with E-state index >= 15 is 0 Å². The molecule has 0 aliphatic carbocycles. The number of nitrogens with one attached hydrogen (secondary N) is 1. The molecule has 0 spiro atoms. The number of halogens is 1. The Hall–Kier alpha value is -2.57. The molecule has 32 heavy (non-hydrogen) atoms. The van der Waals surface area contributed by atoms with E-state index < -0.39 is 11.2 Å². The van der Waals surface area contributed by atoms with Crippen molar-refractivity contribution < 1.29 is 9.90 Å². The maximum absolute atomic E-state index is 11.7. The minimum Gasteiger partial charge on any atom is -0.480 e. The van der Waals surface area contributed by atoms with Gasteiger partial charge < -0.3 is 10.4 Å². The molecule has 2 aromatic carbocycles. The largest absolute Gasteiger partial charge is 0.480 e. The van der Waals surface area contributed by atoms with Crippen LogP contribution in [0.4, 0.5) is 5.82 Å². The number of anilines is 1. The molecule has 1 heterocycles. The number of carbonyl (C=O) groups is 1. The first kappa shape index (κ1) is 24.1. The Labute approximate surface area is 198 Å². The predicted octanol–water partition coefficient (Wildman–Crippen LogP) is 6.92. The zero-order chi connectivity index (χ0) is 22.8. The molecule has 0 unspecified atom stereocenters. The Balaban J connectivity index is 1.60. The first-order valence-corrected chi connectivity index (χ1v) is 12.1. The first-order chi connectivity index (χ1) is 15.5. The van der Waals surface area contributed by atoms with E-state index in [1.165, 1.54) is 5.56 Å². The second-order valence-electron chi connectivity index (χ2n) is 7.57. The zero-order valence-corrected chi connectivity index (χ0v) is 19.7. The highest BCUT2D eigenvalue weighted by Gasteiger charge is 2.20. The number of hydrogen-bond donors (Lipinski definition) is 2. The van der Waals surface area contributed by atoms with Crippen molar-refractivity contribution in [3.8, 4) is 11.1 Å². The molecule has 0 saturated carbocycles. The van der Waals surface area contributed by atoms with Crippen molar-refractivity contribution in [2.24, 2.45) is 0 Å². The van der Waals surface area contributed by atoms with Crippen LogP contribution < -0.4 is 5.32 Å². The summed E-state index contributed by atoms with van der Waals surface area (Å²) in [5, 5.41) is 12.9. The molecule has 7 heteroatoms. The summed E-state index contributed by atoms with van der Waals surface area (Å²) in [6, 6.07) is 20.2. The van der Waals surface area contributed by atoms with E-state index in [1.54, 1.807) is 6.07 Å². The third-order valence-electron chi connectivity index (χ3n) is 5.05. The lowest BCUT2D eigenvalue weighted by atomic mass is 10.0. The number of aliphatic carboxylic acids is 1. The minimum atomic E-state index is -0.844. The molecular formula is C25H28ClN3O2S. The summed E-state index contributed by atoms with van der Waals surface area (Å²) in [6.07, 6.45) is 4.74.